The van der Waals surface area contributed by atoms with Crippen molar-refractivity contribution in [3.05, 3.63) is 42.0 Å². The summed E-state index contributed by atoms with van der Waals surface area (Å²) in [5.74, 6) is 1.11. The normalized spacial score (nSPS) is 15.4. The van der Waals surface area contributed by atoms with E-state index in [0.717, 1.165) is 42.4 Å². The summed E-state index contributed by atoms with van der Waals surface area (Å²) in [4.78, 5) is 43.4. The molecule has 3 rings (SSSR count). The number of nitrogens with zero attached hydrogens (tertiary/aromatic N) is 3. The minimum absolute atomic E-state index is 0.0820. The third-order valence-electron chi connectivity index (χ3n) is 7.26. The molecule has 1 aliphatic heterocycles. The Hall–Kier alpha value is -3.75. The lowest BCUT2D eigenvalue weighted by molar-refractivity contribution is -0.156. The summed E-state index contributed by atoms with van der Waals surface area (Å²) in [6, 6.07) is 10.9. The van der Waals surface area contributed by atoms with Gasteiger partial charge in [-0.3, -0.25) is 14.4 Å². The summed E-state index contributed by atoms with van der Waals surface area (Å²) < 4.78 is 16.3. The van der Waals surface area contributed by atoms with Gasteiger partial charge in [-0.15, -0.1) is 0 Å². The van der Waals surface area contributed by atoms with Crippen LogP contribution in [-0.2, 0) is 20.8 Å². The molecular formula is C30H41N3O6. The van der Waals surface area contributed by atoms with Crippen LogP contribution in [0.2, 0.25) is 0 Å². The van der Waals surface area contributed by atoms with E-state index in [0.29, 0.717) is 30.2 Å². The van der Waals surface area contributed by atoms with Gasteiger partial charge in [0.1, 0.15) is 19.1 Å². The van der Waals surface area contributed by atoms with Crippen LogP contribution in [0.1, 0.15) is 38.2 Å². The minimum atomic E-state index is -0.666. The quantitative estimate of drug-likeness (QED) is 0.361. The molecule has 1 heterocycles. The average molecular weight is 540 g/mol. The zero-order chi connectivity index (χ0) is 28.5. The minimum Gasteiger partial charge on any atom is -0.493 e. The van der Waals surface area contributed by atoms with E-state index < -0.39 is 6.04 Å². The molecule has 1 atom stereocenters. The van der Waals surface area contributed by atoms with Crippen molar-refractivity contribution in [2.24, 2.45) is 0 Å². The van der Waals surface area contributed by atoms with Crippen LogP contribution in [-0.4, -0.2) is 93.5 Å². The molecule has 0 N–H and O–H groups in total. The Labute approximate surface area is 231 Å². The van der Waals surface area contributed by atoms with Gasteiger partial charge in [0.2, 0.25) is 23.5 Å². The van der Waals surface area contributed by atoms with Gasteiger partial charge in [-0.25, -0.2) is 0 Å². The van der Waals surface area contributed by atoms with Crippen molar-refractivity contribution in [2.45, 2.75) is 45.1 Å². The first-order valence-corrected chi connectivity index (χ1v) is 13.4. The zero-order valence-corrected chi connectivity index (χ0v) is 24.0. The second-order valence-electron chi connectivity index (χ2n) is 9.91. The number of carbonyl (C=O) groups excluding carboxylic acids is 3. The fourth-order valence-electron chi connectivity index (χ4n) is 4.75. The van der Waals surface area contributed by atoms with Gasteiger partial charge in [-0.1, -0.05) is 50.5 Å². The van der Waals surface area contributed by atoms with Crippen LogP contribution >= 0.6 is 0 Å². The number of hydrogen-bond donors (Lipinski definition) is 0. The van der Waals surface area contributed by atoms with Crippen LogP contribution in [0.15, 0.2) is 36.4 Å². The monoisotopic (exact) mass is 539 g/mol. The summed E-state index contributed by atoms with van der Waals surface area (Å²) in [6.07, 6.45) is 4.62. The highest BCUT2D eigenvalue weighted by Gasteiger charge is 2.38. The molecule has 1 aliphatic rings. The summed E-state index contributed by atoms with van der Waals surface area (Å²) in [5.41, 5.74) is 2.73. The van der Waals surface area contributed by atoms with E-state index >= 15 is 0 Å². The van der Waals surface area contributed by atoms with E-state index in [1.165, 1.54) is 9.80 Å². The molecule has 0 aliphatic carbocycles. The van der Waals surface area contributed by atoms with Crippen molar-refractivity contribution in [2.75, 3.05) is 55.1 Å². The van der Waals surface area contributed by atoms with Gasteiger partial charge in [0, 0.05) is 27.1 Å². The number of rotatable bonds is 13. The molecule has 1 fully saturated rings. The van der Waals surface area contributed by atoms with Gasteiger partial charge in [0.25, 0.3) is 0 Å². The second kappa shape index (κ2) is 13.9. The maximum absolute atomic E-state index is 13.4. The largest absolute Gasteiger partial charge is 0.493 e. The number of carbonyl (C=O) groups is 3. The number of methoxy groups -OCH3 is 3. The first kappa shape index (κ1) is 29.8. The molecule has 2 aromatic carbocycles. The molecule has 39 heavy (non-hydrogen) atoms. The molecule has 212 valence electrons. The molecule has 0 spiro atoms. The van der Waals surface area contributed by atoms with Crippen LogP contribution in [0, 0.1) is 0 Å². The SMILES string of the molecule is CCCCCCN(C)C(=O)CN1CC(=O)N(C)C(Cc2ccc(-c3cc(OC)c(OC)c(OC)c3)cc2)C1=O. The first-order chi connectivity index (χ1) is 18.7. The number of benzene rings is 2. The van der Waals surface area contributed by atoms with Crippen molar-refractivity contribution in [1.82, 2.24) is 14.7 Å². The van der Waals surface area contributed by atoms with Crippen LogP contribution in [0.25, 0.3) is 11.1 Å². The number of likely N-dealkylation sites (N-methyl/N-ethyl adjacent to an activating group) is 2. The molecule has 0 radical (unpaired) electrons. The molecule has 2 aromatic rings. The Morgan fingerprint density at radius 2 is 1.59 bits per heavy atom. The fourth-order valence-corrected chi connectivity index (χ4v) is 4.75. The van der Waals surface area contributed by atoms with E-state index in [2.05, 4.69) is 6.92 Å². The van der Waals surface area contributed by atoms with E-state index in [-0.39, 0.29) is 30.8 Å². The van der Waals surface area contributed by atoms with E-state index in [1.54, 1.807) is 40.3 Å². The van der Waals surface area contributed by atoms with Gasteiger partial charge in [-0.05, 0) is 35.2 Å². The maximum atomic E-state index is 13.4. The van der Waals surface area contributed by atoms with Crippen LogP contribution in [0.5, 0.6) is 17.2 Å². The molecule has 0 aromatic heterocycles. The van der Waals surface area contributed by atoms with Crippen LogP contribution in [0.3, 0.4) is 0 Å². The summed E-state index contributed by atoms with van der Waals surface area (Å²) in [5, 5.41) is 0. The van der Waals surface area contributed by atoms with Gasteiger partial charge < -0.3 is 28.9 Å². The Bertz CT molecular complexity index is 1120. The number of ether oxygens (including phenoxy) is 3. The molecule has 0 bridgehead atoms. The highest BCUT2D eigenvalue weighted by atomic mass is 16.5. The molecule has 0 saturated carbocycles. The molecule has 3 amide bonds. The third kappa shape index (κ3) is 7.22. The van der Waals surface area contributed by atoms with Crippen LogP contribution < -0.4 is 14.2 Å². The molecule has 9 heteroatoms. The van der Waals surface area contributed by atoms with Crippen LogP contribution in [0.4, 0.5) is 0 Å². The van der Waals surface area contributed by atoms with Crippen molar-refractivity contribution in [3.8, 4) is 28.4 Å². The Kier molecular flexibility index (Phi) is 10.6. The highest BCUT2D eigenvalue weighted by Crippen LogP contribution is 2.41. The predicted octanol–water partition coefficient (Wildman–Crippen LogP) is 3.63. The summed E-state index contributed by atoms with van der Waals surface area (Å²) in [7, 11) is 8.11. The lowest BCUT2D eigenvalue weighted by atomic mass is 9.98. The predicted molar refractivity (Wildman–Crippen MR) is 150 cm³/mol. The maximum Gasteiger partial charge on any atom is 0.246 e. The lowest BCUT2D eigenvalue weighted by Crippen LogP contribution is -2.60. The van der Waals surface area contributed by atoms with Gasteiger partial charge in [0.15, 0.2) is 11.5 Å². The first-order valence-electron chi connectivity index (χ1n) is 13.4. The van der Waals surface area contributed by atoms with Crippen molar-refractivity contribution < 1.29 is 28.6 Å². The average Bonchev–Trinajstić information content (AvgIpc) is 2.95. The topological polar surface area (TPSA) is 88.6 Å². The summed E-state index contributed by atoms with van der Waals surface area (Å²) >= 11 is 0. The molecule has 1 saturated heterocycles. The fraction of sp³-hybridized carbons (Fsp3) is 0.500. The lowest BCUT2D eigenvalue weighted by Gasteiger charge is -2.38. The number of unbranched alkanes of at least 4 members (excludes halogenated alkanes) is 3. The number of piperazine rings is 1. The van der Waals surface area contributed by atoms with E-state index in [9.17, 15) is 14.4 Å². The third-order valence-corrected chi connectivity index (χ3v) is 7.26. The molecule has 9 nitrogen and oxygen atoms in total. The second-order valence-corrected chi connectivity index (χ2v) is 9.91. The Morgan fingerprint density at radius 1 is 0.949 bits per heavy atom. The Morgan fingerprint density at radius 3 is 2.15 bits per heavy atom. The van der Waals surface area contributed by atoms with Crippen molar-refractivity contribution in [1.29, 1.82) is 0 Å². The zero-order valence-electron chi connectivity index (χ0n) is 24.0. The van der Waals surface area contributed by atoms with E-state index in [4.69, 9.17) is 14.2 Å². The standard InChI is InChI=1S/C30H41N3O6/c1-7-8-9-10-15-31(2)27(34)19-33-20-28(35)32(3)24(30(33)36)16-21-11-13-22(14-12-21)23-17-25(37-4)29(39-6)26(18-23)38-5/h11-14,17-18,24H,7-10,15-16,19-20H2,1-6H3. The van der Waals surface area contributed by atoms with Crippen molar-refractivity contribution in [3.63, 3.8) is 0 Å². The molecule has 1 unspecified atom stereocenters. The van der Waals surface area contributed by atoms with Gasteiger partial charge in [0.05, 0.1) is 21.3 Å². The van der Waals surface area contributed by atoms with E-state index in [1.807, 2.05) is 36.4 Å². The van der Waals surface area contributed by atoms with Gasteiger partial charge >= 0.3 is 0 Å². The number of hydrogen-bond acceptors (Lipinski definition) is 6. The van der Waals surface area contributed by atoms with Crippen molar-refractivity contribution >= 4 is 17.7 Å². The molecular weight excluding hydrogens is 498 g/mol. The Balaban J connectivity index is 1.71. The van der Waals surface area contributed by atoms with Gasteiger partial charge in [-0.2, -0.15) is 0 Å². The smallest absolute Gasteiger partial charge is 0.246 e. The number of amides is 3. The highest BCUT2D eigenvalue weighted by molar-refractivity contribution is 5.97. The summed E-state index contributed by atoms with van der Waals surface area (Å²) in [6.45, 7) is 2.63.